The van der Waals surface area contributed by atoms with Gasteiger partial charge < -0.3 is 10.1 Å². The van der Waals surface area contributed by atoms with E-state index in [9.17, 15) is 19.2 Å². The number of unbranched alkanes of at least 4 members (excludes halogenated alkanes) is 2. The van der Waals surface area contributed by atoms with Crippen LogP contribution >= 0.6 is 11.3 Å². The maximum atomic E-state index is 12.9. The summed E-state index contributed by atoms with van der Waals surface area (Å²) in [4.78, 5) is 52.3. The van der Waals surface area contributed by atoms with E-state index in [1.807, 2.05) is 0 Å². The highest BCUT2D eigenvalue weighted by Gasteiger charge is 2.22. The molecule has 2 aromatic rings. The van der Waals surface area contributed by atoms with Gasteiger partial charge in [0.05, 0.1) is 17.7 Å². The highest BCUT2D eigenvalue weighted by molar-refractivity contribution is 7.11. The number of nitrogens with one attached hydrogen (secondary N) is 1. The summed E-state index contributed by atoms with van der Waals surface area (Å²) in [7, 11) is 0. The average molecular weight is 415 g/mol. The van der Waals surface area contributed by atoms with Crippen LogP contribution < -0.4 is 5.32 Å². The lowest BCUT2D eigenvalue weighted by Crippen LogP contribution is -2.41. The Kier molecular flexibility index (Phi) is 8.86. The molecule has 0 unspecified atom stereocenters. The lowest BCUT2D eigenvalue weighted by atomic mass is 9.97. The van der Waals surface area contributed by atoms with E-state index in [-0.39, 0.29) is 29.7 Å². The zero-order valence-electron chi connectivity index (χ0n) is 16.8. The van der Waals surface area contributed by atoms with Crippen LogP contribution in [0.2, 0.25) is 0 Å². The van der Waals surface area contributed by atoms with E-state index in [1.54, 1.807) is 36.7 Å². The first-order chi connectivity index (χ1) is 13.9. The van der Waals surface area contributed by atoms with Gasteiger partial charge in [0.1, 0.15) is 10.7 Å². The van der Waals surface area contributed by atoms with E-state index >= 15 is 0 Å². The number of hydrogen-bond acceptors (Lipinski definition) is 6. The molecule has 1 N–H and O–H groups in total. The van der Waals surface area contributed by atoms with E-state index in [1.165, 1.54) is 24.5 Å². The summed E-state index contributed by atoms with van der Waals surface area (Å²) >= 11 is 1.22. The number of nitrogens with zero attached hydrogens (tertiary/aromatic N) is 1. The zero-order chi connectivity index (χ0) is 21.2. The molecular weight excluding hydrogens is 388 g/mol. The fraction of sp³-hybridized carbons (Fsp3) is 0.409. The van der Waals surface area contributed by atoms with Crippen LogP contribution in [0.25, 0.3) is 0 Å². The van der Waals surface area contributed by atoms with E-state index in [4.69, 9.17) is 0 Å². The number of aromatic nitrogens is 1. The fourth-order valence-corrected chi connectivity index (χ4v) is 3.52. The van der Waals surface area contributed by atoms with Gasteiger partial charge in [-0.15, -0.1) is 11.3 Å². The van der Waals surface area contributed by atoms with Crippen molar-refractivity contribution in [2.75, 3.05) is 0 Å². The molecule has 2 rings (SSSR count). The molecule has 1 atom stereocenters. The second-order valence-electron chi connectivity index (χ2n) is 7.09. The Balaban J connectivity index is 2.02. The normalized spacial score (nSPS) is 11.7. The van der Waals surface area contributed by atoms with Gasteiger partial charge in [0.15, 0.2) is 11.6 Å². The van der Waals surface area contributed by atoms with Crippen molar-refractivity contribution < 1.29 is 19.2 Å². The Hall–Kier alpha value is -2.67. The van der Waals surface area contributed by atoms with Crippen LogP contribution in [0.15, 0.2) is 36.0 Å². The summed E-state index contributed by atoms with van der Waals surface area (Å²) in [5.41, 5.74) is 2.88. The lowest BCUT2D eigenvalue weighted by molar-refractivity contribution is -0.120. The van der Waals surface area contributed by atoms with Crippen molar-refractivity contribution >= 4 is 34.6 Å². The first-order valence-electron chi connectivity index (χ1n) is 9.68. The minimum Gasteiger partial charge on any atom is -0.341 e. The van der Waals surface area contributed by atoms with Gasteiger partial charge in [-0.2, -0.15) is 0 Å². The smallest absolute Gasteiger partial charge is 0.263 e. The maximum absolute atomic E-state index is 12.9. The molecule has 0 aliphatic carbocycles. The van der Waals surface area contributed by atoms with E-state index in [0.29, 0.717) is 23.3 Å². The van der Waals surface area contributed by atoms with Crippen molar-refractivity contribution in [2.24, 2.45) is 0 Å². The molecule has 0 spiro atoms. The summed E-state index contributed by atoms with van der Waals surface area (Å²) in [5.74, 6) is -0.316. The molecular formula is C22H26N2O4S. The summed E-state index contributed by atoms with van der Waals surface area (Å²) in [6.07, 6.45) is 4.99. The van der Waals surface area contributed by atoms with Crippen LogP contribution in [-0.2, 0) is 16.0 Å². The second kappa shape index (κ2) is 11.4. The minimum atomic E-state index is -0.622. The second-order valence-corrected chi connectivity index (χ2v) is 7.98. The molecule has 29 heavy (non-hydrogen) atoms. The van der Waals surface area contributed by atoms with E-state index in [2.05, 4.69) is 10.3 Å². The molecule has 0 saturated carbocycles. The Labute approximate surface area is 174 Å². The number of rotatable bonds is 12. The Bertz CT molecular complexity index is 861. The lowest BCUT2D eigenvalue weighted by Gasteiger charge is -2.17. The number of benzene rings is 1. The summed E-state index contributed by atoms with van der Waals surface area (Å²) in [6.45, 7) is 3.05. The van der Waals surface area contributed by atoms with Crippen molar-refractivity contribution in [3.63, 3.8) is 0 Å². The van der Waals surface area contributed by atoms with Crippen LogP contribution in [0.5, 0.6) is 0 Å². The summed E-state index contributed by atoms with van der Waals surface area (Å²) in [6, 6.07) is 6.37. The van der Waals surface area contributed by atoms with E-state index < -0.39 is 6.04 Å². The van der Waals surface area contributed by atoms with Gasteiger partial charge in [0.25, 0.3) is 5.91 Å². The third-order valence-electron chi connectivity index (χ3n) is 4.58. The third kappa shape index (κ3) is 7.69. The van der Waals surface area contributed by atoms with Crippen molar-refractivity contribution in [3.8, 4) is 0 Å². The maximum Gasteiger partial charge on any atom is 0.263 e. The van der Waals surface area contributed by atoms with Crippen LogP contribution in [0.1, 0.15) is 71.5 Å². The molecule has 1 amide bonds. The predicted octanol–water partition coefficient (Wildman–Crippen LogP) is 3.80. The van der Waals surface area contributed by atoms with Crippen LogP contribution in [0, 0.1) is 0 Å². The molecule has 154 valence electrons. The van der Waals surface area contributed by atoms with Gasteiger partial charge in [-0.3, -0.25) is 19.4 Å². The number of Topliss-reactive ketones (excluding diaryl/α,β-unsaturated/α-hetero) is 3. The Morgan fingerprint density at radius 1 is 1.10 bits per heavy atom. The molecule has 0 fully saturated rings. The monoisotopic (exact) mass is 414 g/mol. The van der Waals surface area contributed by atoms with Gasteiger partial charge in [0.2, 0.25) is 0 Å². The fourth-order valence-electron chi connectivity index (χ4n) is 2.99. The van der Waals surface area contributed by atoms with Crippen molar-refractivity contribution in [1.82, 2.24) is 10.3 Å². The number of thiazole rings is 1. The predicted molar refractivity (Wildman–Crippen MR) is 112 cm³/mol. The van der Waals surface area contributed by atoms with Crippen molar-refractivity contribution in [1.29, 1.82) is 0 Å². The molecule has 1 heterocycles. The Morgan fingerprint density at radius 2 is 1.90 bits per heavy atom. The molecule has 0 saturated heterocycles. The van der Waals surface area contributed by atoms with Gasteiger partial charge >= 0.3 is 0 Å². The van der Waals surface area contributed by atoms with E-state index in [0.717, 1.165) is 24.8 Å². The molecule has 7 heteroatoms. The highest BCUT2D eigenvalue weighted by atomic mass is 32.1. The van der Waals surface area contributed by atoms with Crippen LogP contribution in [0.3, 0.4) is 0 Å². The highest BCUT2D eigenvalue weighted by Crippen LogP contribution is 2.13. The number of carbonyl (C=O) groups excluding carboxylic acids is 4. The first kappa shape index (κ1) is 22.6. The number of hydrogen-bond donors (Lipinski definition) is 1. The topological polar surface area (TPSA) is 93.2 Å². The van der Waals surface area contributed by atoms with Gasteiger partial charge in [0, 0.05) is 18.4 Å². The molecule has 0 bridgehead atoms. The molecule has 0 aliphatic heterocycles. The minimum absolute atomic E-state index is 0.0557. The quantitative estimate of drug-likeness (QED) is 0.421. The zero-order valence-corrected chi connectivity index (χ0v) is 17.6. The number of ketones is 3. The third-order valence-corrected chi connectivity index (χ3v) is 5.36. The van der Waals surface area contributed by atoms with Crippen molar-refractivity contribution in [3.05, 3.63) is 52.0 Å². The summed E-state index contributed by atoms with van der Waals surface area (Å²) < 4.78 is 0. The SMILES string of the molecule is CC(=O)CCCCC[C@H](NC(=O)c1cncs1)C(=O)Cc1cccc(C(C)=O)c1. The van der Waals surface area contributed by atoms with Gasteiger partial charge in [-0.1, -0.05) is 31.0 Å². The average Bonchev–Trinajstić information content (AvgIpc) is 3.21. The van der Waals surface area contributed by atoms with Crippen LogP contribution in [0.4, 0.5) is 0 Å². The van der Waals surface area contributed by atoms with Gasteiger partial charge in [-0.05, 0) is 38.3 Å². The molecule has 1 aromatic heterocycles. The molecule has 1 aromatic carbocycles. The standard InChI is InChI=1S/C22H26N2O4S/c1-15(25)7-4-3-5-10-19(24-22(28)21-13-23-14-29-21)20(27)12-17-8-6-9-18(11-17)16(2)26/h6,8-9,11,13-14,19H,3-5,7,10,12H2,1-2H3,(H,24,28)/t19-/m0/s1. The van der Waals surface area contributed by atoms with Gasteiger partial charge in [-0.25, -0.2) is 0 Å². The molecule has 0 radical (unpaired) electrons. The summed E-state index contributed by atoms with van der Waals surface area (Å²) in [5, 5.41) is 2.82. The van der Waals surface area contributed by atoms with Crippen LogP contribution in [-0.4, -0.2) is 34.3 Å². The van der Waals surface area contributed by atoms with Crippen molar-refractivity contribution in [2.45, 2.75) is 58.4 Å². The molecule has 0 aliphatic rings. The largest absolute Gasteiger partial charge is 0.341 e. The number of amides is 1. The Morgan fingerprint density at radius 3 is 2.55 bits per heavy atom. The molecule has 6 nitrogen and oxygen atoms in total. The first-order valence-corrected chi connectivity index (χ1v) is 10.6. The number of carbonyl (C=O) groups is 4.